The van der Waals surface area contributed by atoms with Gasteiger partial charge in [0, 0.05) is 25.1 Å². The largest absolute Gasteiger partial charge is 0.339 e. The lowest BCUT2D eigenvalue weighted by Crippen LogP contribution is -2.39. The van der Waals surface area contributed by atoms with Crippen molar-refractivity contribution in [2.45, 2.75) is 38.5 Å². The first-order valence-corrected chi connectivity index (χ1v) is 8.33. The maximum absolute atomic E-state index is 12.7. The first-order chi connectivity index (χ1) is 11.7. The van der Waals surface area contributed by atoms with E-state index in [1.165, 1.54) is 0 Å². The molecule has 0 saturated carbocycles. The molecule has 1 aliphatic heterocycles. The fourth-order valence-electron chi connectivity index (χ4n) is 2.99. The fourth-order valence-corrected chi connectivity index (χ4v) is 2.99. The summed E-state index contributed by atoms with van der Waals surface area (Å²) in [7, 11) is 0. The van der Waals surface area contributed by atoms with Gasteiger partial charge in [-0.1, -0.05) is 12.1 Å². The van der Waals surface area contributed by atoms with Crippen molar-refractivity contribution in [1.29, 1.82) is 5.26 Å². The van der Waals surface area contributed by atoms with Crippen LogP contribution in [0.15, 0.2) is 28.8 Å². The molecule has 6 heteroatoms. The third-order valence-electron chi connectivity index (χ3n) is 4.28. The minimum atomic E-state index is -0.0162. The molecular formula is C18H20N4O2. The van der Waals surface area contributed by atoms with Crippen LogP contribution >= 0.6 is 0 Å². The lowest BCUT2D eigenvalue weighted by atomic mass is 9.97. The van der Waals surface area contributed by atoms with Gasteiger partial charge >= 0.3 is 0 Å². The van der Waals surface area contributed by atoms with Gasteiger partial charge in [-0.2, -0.15) is 10.2 Å². The van der Waals surface area contributed by atoms with Crippen LogP contribution in [0.5, 0.6) is 0 Å². The predicted octanol–water partition coefficient (Wildman–Crippen LogP) is 2.91. The number of nitriles is 1. The van der Waals surface area contributed by atoms with E-state index in [-0.39, 0.29) is 11.8 Å². The first kappa shape index (κ1) is 16.2. The number of rotatable bonds is 4. The normalized spacial score (nSPS) is 17.5. The highest BCUT2D eigenvalue weighted by Gasteiger charge is 2.29. The second kappa shape index (κ2) is 7.26. The Kier molecular flexibility index (Phi) is 4.90. The third kappa shape index (κ3) is 3.46. The molecule has 1 aliphatic rings. The van der Waals surface area contributed by atoms with Gasteiger partial charge in [-0.3, -0.25) is 4.79 Å². The van der Waals surface area contributed by atoms with Crippen molar-refractivity contribution < 1.29 is 9.32 Å². The maximum Gasteiger partial charge on any atom is 0.253 e. The number of likely N-dealkylation sites (tertiary alicyclic amines) is 1. The number of hydrogen-bond acceptors (Lipinski definition) is 5. The molecule has 0 aliphatic carbocycles. The Bertz CT molecular complexity index is 745. The summed E-state index contributed by atoms with van der Waals surface area (Å²) in [4.78, 5) is 19.0. The highest BCUT2D eigenvalue weighted by molar-refractivity contribution is 5.94. The summed E-state index contributed by atoms with van der Waals surface area (Å²) >= 11 is 0. The van der Waals surface area contributed by atoms with Gasteiger partial charge in [-0.05, 0) is 43.5 Å². The van der Waals surface area contributed by atoms with E-state index < -0.39 is 0 Å². The van der Waals surface area contributed by atoms with Crippen LogP contribution in [-0.2, 0) is 6.42 Å². The van der Waals surface area contributed by atoms with E-state index in [1.807, 2.05) is 4.90 Å². The number of aromatic nitrogens is 2. The summed E-state index contributed by atoms with van der Waals surface area (Å²) in [5, 5.41) is 12.9. The molecule has 0 bridgehead atoms. The monoisotopic (exact) mass is 324 g/mol. The van der Waals surface area contributed by atoms with E-state index in [2.05, 4.69) is 23.1 Å². The van der Waals surface area contributed by atoms with Gasteiger partial charge in [0.2, 0.25) is 5.89 Å². The lowest BCUT2D eigenvalue weighted by Gasteiger charge is -2.31. The number of amides is 1. The molecule has 2 aromatic rings. The quantitative estimate of drug-likeness (QED) is 0.863. The molecule has 1 amide bonds. The Morgan fingerprint density at radius 2 is 2.21 bits per heavy atom. The Hall–Kier alpha value is -2.68. The number of nitrogens with zero attached hydrogens (tertiary/aromatic N) is 4. The Labute approximate surface area is 141 Å². The van der Waals surface area contributed by atoms with Crippen molar-refractivity contribution in [3.05, 3.63) is 47.1 Å². The predicted molar refractivity (Wildman–Crippen MR) is 87.3 cm³/mol. The van der Waals surface area contributed by atoms with Gasteiger partial charge in [-0.15, -0.1) is 0 Å². The van der Waals surface area contributed by atoms with Crippen LogP contribution in [-0.4, -0.2) is 34.0 Å². The number of carbonyl (C=O) groups excluding carboxylic acids is 1. The molecule has 1 fully saturated rings. The summed E-state index contributed by atoms with van der Waals surface area (Å²) < 4.78 is 5.39. The third-order valence-corrected chi connectivity index (χ3v) is 4.28. The highest BCUT2D eigenvalue weighted by Crippen LogP contribution is 2.26. The van der Waals surface area contributed by atoms with Crippen LogP contribution in [0.25, 0.3) is 0 Å². The van der Waals surface area contributed by atoms with Crippen LogP contribution in [0.1, 0.15) is 59.7 Å². The number of hydrogen-bond donors (Lipinski definition) is 0. The molecule has 1 saturated heterocycles. The zero-order valence-corrected chi connectivity index (χ0v) is 13.7. The van der Waals surface area contributed by atoms with E-state index in [9.17, 15) is 4.79 Å². The average molecular weight is 324 g/mol. The number of benzene rings is 1. The van der Waals surface area contributed by atoms with Crippen LogP contribution in [0.2, 0.25) is 0 Å². The van der Waals surface area contributed by atoms with E-state index in [0.29, 0.717) is 23.6 Å². The fraction of sp³-hybridized carbons (Fsp3) is 0.444. The molecule has 1 aromatic heterocycles. The summed E-state index contributed by atoms with van der Waals surface area (Å²) in [6.45, 7) is 3.40. The van der Waals surface area contributed by atoms with Crippen LogP contribution in [0.3, 0.4) is 0 Å². The van der Waals surface area contributed by atoms with E-state index in [4.69, 9.17) is 9.78 Å². The van der Waals surface area contributed by atoms with Gasteiger partial charge in [0.05, 0.1) is 17.6 Å². The number of carbonyl (C=O) groups is 1. The summed E-state index contributed by atoms with van der Waals surface area (Å²) in [5.74, 6) is 1.45. The summed E-state index contributed by atoms with van der Waals surface area (Å²) in [6.07, 6.45) is 3.65. The van der Waals surface area contributed by atoms with Crippen molar-refractivity contribution >= 4 is 5.91 Å². The standard InChI is InChI=1S/C18H20N4O2/c1-2-4-16-20-17(24-21-16)15-5-3-10-22(12-15)18(23)14-8-6-13(11-19)7-9-14/h6-9,15H,2-5,10,12H2,1H3/t15-/m0/s1. The molecule has 124 valence electrons. The Morgan fingerprint density at radius 1 is 1.42 bits per heavy atom. The minimum Gasteiger partial charge on any atom is -0.339 e. The van der Waals surface area contributed by atoms with Gasteiger partial charge in [0.1, 0.15) is 0 Å². The van der Waals surface area contributed by atoms with Crippen LogP contribution < -0.4 is 0 Å². The molecular weight excluding hydrogens is 304 g/mol. The maximum atomic E-state index is 12.7. The Balaban J connectivity index is 1.69. The lowest BCUT2D eigenvalue weighted by molar-refractivity contribution is 0.0695. The topological polar surface area (TPSA) is 83.0 Å². The molecule has 6 nitrogen and oxygen atoms in total. The molecule has 1 aromatic carbocycles. The summed E-state index contributed by atoms with van der Waals surface area (Å²) in [6, 6.07) is 8.81. The van der Waals surface area contributed by atoms with Crippen molar-refractivity contribution in [3.8, 4) is 6.07 Å². The number of aryl methyl sites for hydroxylation is 1. The average Bonchev–Trinajstić information content (AvgIpc) is 3.10. The second-order valence-electron chi connectivity index (χ2n) is 6.08. The Morgan fingerprint density at radius 3 is 2.92 bits per heavy atom. The molecule has 0 radical (unpaired) electrons. The highest BCUT2D eigenvalue weighted by atomic mass is 16.5. The van der Waals surface area contributed by atoms with Gasteiger partial charge < -0.3 is 9.42 Å². The zero-order chi connectivity index (χ0) is 16.9. The smallest absolute Gasteiger partial charge is 0.253 e. The first-order valence-electron chi connectivity index (χ1n) is 8.33. The van der Waals surface area contributed by atoms with Crippen molar-refractivity contribution in [2.75, 3.05) is 13.1 Å². The zero-order valence-electron chi connectivity index (χ0n) is 13.7. The van der Waals surface area contributed by atoms with E-state index >= 15 is 0 Å². The number of piperidine rings is 1. The second-order valence-corrected chi connectivity index (χ2v) is 6.08. The van der Waals surface area contributed by atoms with Gasteiger partial charge in [0.15, 0.2) is 5.82 Å². The van der Waals surface area contributed by atoms with E-state index in [1.54, 1.807) is 24.3 Å². The molecule has 24 heavy (non-hydrogen) atoms. The van der Waals surface area contributed by atoms with E-state index in [0.717, 1.165) is 38.1 Å². The minimum absolute atomic E-state index is 0.0162. The van der Waals surface area contributed by atoms with Crippen LogP contribution in [0.4, 0.5) is 0 Å². The molecule has 0 spiro atoms. The molecule has 3 rings (SSSR count). The van der Waals surface area contributed by atoms with Gasteiger partial charge in [-0.25, -0.2) is 0 Å². The van der Waals surface area contributed by atoms with Crippen molar-refractivity contribution in [3.63, 3.8) is 0 Å². The molecule has 2 heterocycles. The van der Waals surface area contributed by atoms with Crippen molar-refractivity contribution in [1.82, 2.24) is 15.0 Å². The molecule has 0 N–H and O–H groups in total. The SMILES string of the molecule is CCCc1noc([C@H]2CCCN(C(=O)c3ccc(C#N)cc3)C2)n1. The van der Waals surface area contributed by atoms with Crippen molar-refractivity contribution in [2.24, 2.45) is 0 Å². The summed E-state index contributed by atoms with van der Waals surface area (Å²) in [5.41, 5.74) is 1.16. The van der Waals surface area contributed by atoms with Crippen LogP contribution in [0, 0.1) is 11.3 Å². The van der Waals surface area contributed by atoms with Gasteiger partial charge in [0.25, 0.3) is 5.91 Å². The molecule has 1 atom stereocenters. The molecule has 0 unspecified atom stereocenters.